The normalized spacial score (nSPS) is 19.2. The number of nitrogens with two attached hydrogens (primary N) is 1. The standard InChI is InChI=1S/C14H29N3O2/c1-13(2,12(15)17-18)7-4-5-10-16-11-14(19-3)8-6-9-14/h16,18H,4-11H2,1-3H3,(H2,15,17). The second-order valence-electron chi connectivity index (χ2n) is 6.24. The minimum atomic E-state index is -0.226. The molecule has 0 atom stereocenters. The molecule has 0 aromatic heterocycles. The predicted octanol–water partition coefficient (Wildman–Crippen LogP) is 2.09. The monoisotopic (exact) mass is 271 g/mol. The zero-order valence-electron chi connectivity index (χ0n) is 12.5. The Morgan fingerprint density at radius 3 is 2.58 bits per heavy atom. The SMILES string of the molecule is COC1(CNCCCCC(C)(C)C(N)=NO)CCC1. The van der Waals surface area contributed by atoms with Crippen LogP contribution in [0.15, 0.2) is 5.16 Å². The van der Waals surface area contributed by atoms with Crippen LogP contribution in [0.3, 0.4) is 0 Å². The lowest BCUT2D eigenvalue weighted by molar-refractivity contribution is -0.0692. The number of methoxy groups -OCH3 is 1. The van der Waals surface area contributed by atoms with Crippen molar-refractivity contribution in [1.29, 1.82) is 0 Å². The summed E-state index contributed by atoms with van der Waals surface area (Å²) in [6.45, 7) is 5.96. The quantitative estimate of drug-likeness (QED) is 0.197. The molecule has 1 rings (SSSR count). The van der Waals surface area contributed by atoms with Crippen molar-refractivity contribution in [3.05, 3.63) is 0 Å². The fraction of sp³-hybridized carbons (Fsp3) is 0.929. The molecule has 1 aliphatic carbocycles. The van der Waals surface area contributed by atoms with Crippen LogP contribution in [0.2, 0.25) is 0 Å². The summed E-state index contributed by atoms with van der Waals surface area (Å²) in [5.74, 6) is 0.313. The van der Waals surface area contributed by atoms with E-state index in [0.717, 1.165) is 32.4 Å². The van der Waals surface area contributed by atoms with Crippen molar-refractivity contribution in [1.82, 2.24) is 5.32 Å². The third-order valence-corrected chi connectivity index (χ3v) is 4.35. The molecule has 0 saturated heterocycles. The van der Waals surface area contributed by atoms with E-state index in [2.05, 4.69) is 10.5 Å². The third-order valence-electron chi connectivity index (χ3n) is 4.35. The molecule has 1 fully saturated rings. The van der Waals surface area contributed by atoms with Gasteiger partial charge < -0.3 is 21.0 Å². The van der Waals surface area contributed by atoms with Crippen LogP contribution in [-0.4, -0.2) is 36.8 Å². The van der Waals surface area contributed by atoms with Gasteiger partial charge in [-0.15, -0.1) is 0 Å². The number of nitrogens with one attached hydrogen (secondary N) is 1. The Kier molecular flexibility index (Phi) is 6.07. The summed E-state index contributed by atoms with van der Waals surface area (Å²) in [6, 6.07) is 0. The van der Waals surface area contributed by atoms with Crippen molar-refractivity contribution in [2.75, 3.05) is 20.2 Å². The van der Waals surface area contributed by atoms with Crippen molar-refractivity contribution in [2.45, 2.75) is 58.0 Å². The average molecular weight is 271 g/mol. The summed E-state index contributed by atoms with van der Waals surface area (Å²) in [4.78, 5) is 0. The van der Waals surface area contributed by atoms with Gasteiger partial charge in [0.25, 0.3) is 0 Å². The fourth-order valence-electron chi connectivity index (χ4n) is 2.42. The number of oxime groups is 1. The molecule has 19 heavy (non-hydrogen) atoms. The molecule has 0 amide bonds. The van der Waals surface area contributed by atoms with E-state index >= 15 is 0 Å². The molecule has 0 aromatic rings. The van der Waals surface area contributed by atoms with Gasteiger partial charge in [-0.25, -0.2) is 0 Å². The number of hydrogen-bond donors (Lipinski definition) is 3. The summed E-state index contributed by atoms with van der Waals surface area (Å²) in [6.07, 6.45) is 6.72. The van der Waals surface area contributed by atoms with Gasteiger partial charge in [0.2, 0.25) is 0 Å². The molecule has 0 radical (unpaired) electrons. The molecule has 1 saturated carbocycles. The number of amidine groups is 1. The molecule has 0 heterocycles. The van der Waals surface area contributed by atoms with Gasteiger partial charge in [0, 0.05) is 19.1 Å². The molecule has 0 bridgehead atoms. The Balaban J connectivity index is 2.08. The van der Waals surface area contributed by atoms with Gasteiger partial charge >= 0.3 is 0 Å². The van der Waals surface area contributed by atoms with Crippen LogP contribution in [0.25, 0.3) is 0 Å². The minimum Gasteiger partial charge on any atom is -0.409 e. The Labute approximate surface area is 116 Å². The van der Waals surface area contributed by atoms with Crippen molar-refractivity contribution >= 4 is 5.84 Å². The van der Waals surface area contributed by atoms with E-state index in [1.54, 1.807) is 7.11 Å². The Morgan fingerprint density at radius 1 is 1.42 bits per heavy atom. The van der Waals surface area contributed by atoms with Gasteiger partial charge in [0.05, 0.1) is 5.60 Å². The molecule has 1 aliphatic rings. The van der Waals surface area contributed by atoms with E-state index < -0.39 is 0 Å². The largest absolute Gasteiger partial charge is 0.409 e. The summed E-state index contributed by atoms with van der Waals surface area (Å²) in [7, 11) is 1.81. The van der Waals surface area contributed by atoms with Gasteiger partial charge in [0.15, 0.2) is 0 Å². The van der Waals surface area contributed by atoms with Crippen LogP contribution in [0, 0.1) is 5.41 Å². The maximum absolute atomic E-state index is 8.70. The summed E-state index contributed by atoms with van der Waals surface area (Å²) >= 11 is 0. The topological polar surface area (TPSA) is 79.9 Å². The first-order valence-corrected chi connectivity index (χ1v) is 7.20. The highest BCUT2D eigenvalue weighted by molar-refractivity contribution is 5.85. The smallest absolute Gasteiger partial charge is 0.144 e. The van der Waals surface area contributed by atoms with E-state index in [1.807, 2.05) is 13.8 Å². The first-order valence-electron chi connectivity index (χ1n) is 7.20. The molecule has 0 aliphatic heterocycles. The zero-order valence-corrected chi connectivity index (χ0v) is 12.5. The van der Waals surface area contributed by atoms with Crippen molar-refractivity contribution in [2.24, 2.45) is 16.3 Å². The average Bonchev–Trinajstić information content (AvgIpc) is 2.35. The summed E-state index contributed by atoms with van der Waals surface area (Å²) in [5.41, 5.74) is 5.54. The van der Waals surface area contributed by atoms with Crippen LogP contribution in [0.1, 0.15) is 52.4 Å². The maximum Gasteiger partial charge on any atom is 0.144 e. The van der Waals surface area contributed by atoms with Crippen molar-refractivity contribution < 1.29 is 9.94 Å². The fourth-order valence-corrected chi connectivity index (χ4v) is 2.42. The Bertz CT molecular complexity index is 294. The van der Waals surface area contributed by atoms with Gasteiger partial charge in [-0.05, 0) is 38.6 Å². The zero-order chi connectivity index (χ0) is 14.4. The number of ether oxygens (including phenoxy) is 1. The number of rotatable bonds is 9. The first kappa shape index (κ1) is 16.2. The lowest BCUT2D eigenvalue weighted by Crippen LogP contribution is -2.48. The van der Waals surface area contributed by atoms with Crippen molar-refractivity contribution in [3.63, 3.8) is 0 Å². The number of hydrogen-bond acceptors (Lipinski definition) is 4. The van der Waals surface area contributed by atoms with Gasteiger partial charge in [0.1, 0.15) is 5.84 Å². The Morgan fingerprint density at radius 2 is 2.11 bits per heavy atom. The summed E-state index contributed by atoms with van der Waals surface area (Å²) in [5, 5.41) is 15.3. The lowest BCUT2D eigenvalue weighted by Gasteiger charge is -2.40. The highest BCUT2D eigenvalue weighted by atomic mass is 16.5. The maximum atomic E-state index is 8.70. The number of unbranched alkanes of at least 4 members (excludes halogenated alkanes) is 1. The van der Waals surface area contributed by atoms with Crippen LogP contribution in [0.4, 0.5) is 0 Å². The number of nitrogens with zero attached hydrogens (tertiary/aromatic N) is 1. The molecule has 0 aromatic carbocycles. The third kappa shape index (κ3) is 4.66. The van der Waals surface area contributed by atoms with E-state index in [1.165, 1.54) is 19.3 Å². The van der Waals surface area contributed by atoms with E-state index in [4.69, 9.17) is 15.7 Å². The highest BCUT2D eigenvalue weighted by Crippen LogP contribution is 2.34. The van der Waals surface area contributed by atoms with Gasteiger partial charge in [-0.2, -0.15) is 0 Å². The molecule has 0 spiro atoms. The lowest BCUT2D eigenvalue weighted by atomic mass is 9.80. The van der Waals surface area contributed by atoms with Crippen molar-refractivity contribution in [3.8, 4) is 0 Å². The molecule has 0 unspecified atom stereocenters. The van der Waals surface area contributed by atoms with Crippen LogP contribution in [0.5, 0.6) is 0 Å². The molecule has 112 valence electrons. The second kappa shape index (κ2) is 7.10. The first-order chi connectivity index (χ1) is 8.96. The van der Waals surface area contributed by atoms with Crippen LogP contribution >= 0.6 is 0 Å². The molecule has 4 N–H and O–H groups in total. The Hall–Kier alpha value is -0.810. The molecular weight excluding hydrogens is 242 g/mol. The molecule has 5 nitrogen and oxygen atoms in total. The predicted molar refractivity (Wildman–Crippen MR) is 77.5 cm³/mol. The molecule has 5 heteroatoms. The van der Waals surface area contributed by atoms with Gasteiger partial charge in [-0.1, -0.05) is 25.4 Å². The summed E-state index contributed by atoms with van der Waals surface area (Å²) < 4.78 is 5.56. The second-order valence-corrected chi connectivity index (χ2v) is 6.24. The van der Waals surface area contributed by atoms with E-state index in [-0.39, 0.29) is 11.0 Å². The highest BCUT2D eigenvalue weighted by Gasteiger charge is 2.36. The van der Waals surface area contributed by atoms with Gasteiger partial charge in [-0.3, -0.25) is 0 Å². The van der Waals surface area contributed by atoms with Crippen LogP contribution in [-0.2, 0) is 4.74 Å². The van der Waals surface area contributed by atoms with E-state index in [0.29, 0.717) is 5.84 Å². The molecular formula is C14H29N3O2. The minimum absolute atomic E-state index is 0.104. The van der Waals surface area contributed by atoms with E-state index in [9.17, 15) is 0 Å². The van der Waals surface area contributed by atoms with Crippen LogP contribution < -0.4 is 11.1 Å².